The van der Waals surface area contributed by atoms with Gasteiger partial charge in [-0.25, -0.2) is 4.79 Å². The van der Waals surface area contributed by atoms with E-state index in [9.17, 15) is 14.4 Å². The van der Waals surface area contributed by atoms with Crippen molar-refractivity contribution in [1.29, 1.82) is 0 Å². The zero-order valence-electron chi connectivity index (χ0n) is 18.4. The van der Waals surface area contributed by atoms with Gasteiger partial charge in [0, 0.05) is 32.5 Å². The van der Waals surface area contributed by atoms with Gasteiger partial charge in [0.15, 0.2) is 0 Å². The molecule has 8 heteroatoms. The van der Waals surface area contributed by atoms with Crippen molar-refractivity contribution in [1.82, 2.24) is 15.5 Å². The standard InChI is InChI=1S/C24H29ClN4O3/c1-16-6-5-7-18(14-16)15-22(26-17(2)30)23(31)27-19-10-12-29(13-11-19)24(32)28-21-9-4-3-8-20(21)25/h3-9,14,19,22H,10-13,15H2,1-2H3,(H,26,30)(H,27,31)(H,28,32)/t22-/m1/s1. The molecule has 0 spiro atoms. The molecule has 0 saturated carbocycles. The van der Waals surface area contributed by atoms with Gasteiger partial charge in [0.25, 0.3) is 0 Å². The molecule has 1 saturated heterocycles. The highest BCUT2D eigenvalue weighted by Crippen LogP contribution is 2.21. The number of nitrogens with one attached hydrogen (secondary N) is 3. The summed E-state index contributed by atoms with van der Waals surface area (Å²) in [6, 6.07) is 14.1. The van der Waals surface area contributed by atoms with Gasteiger partial charge in [-0.15, -0.1) is 0 Å². The van der Waals surface area contributed by atoms with Crippen LogP contribution in [0.1, 0.15) is 30.9 Å². The van der Waals surface area contributed by atoms with Crippen LogP contribution in [0.4, 0.5) is 10.5 Å². The SMILES string of the molecule is CC(=O)N[C@H](Cc1cccc(C)c1)C(=O)NC1CCN(C(=O)Nc2ccccc2Cl)CC1. The van der Waals surface area contributed by atoms with Crippen molar-refractivity contribution in [3.05, 3.63) is 64.7 Å². The first-order chi connectivity index (χ1) is 15.3. The molecule has 32 heavy (non-hydrogen) atoms. The van der Waals surface area contributed by atoms with Crippen molar-refractivity contribution in [3.8, 4) is 0 Å². The number of benzene rings is 2. The Morgan fingerprint density at radius 2 is 1.81 bits per heavy atom. The van der Waals surface area contributed by atoms with E-state index >= 15 is 0 Å². The van der Waals surface area contributed by atoms with Crippen LogP contribution in [0.5, 0.6) is 0 Å². The van der Waals surface area contributed by atoms with Crippen LogP contribution >= 0.6 is 11.6 Å². The van der Waals surface area contributed by atoms with Crippen LogP contribution in [0, 0.1) is 6.92 Å². The predicted octanol–water partition coefficient (Wildman–Crippen LogP) is 3.51. The Bertz CT molecular complexity index is 973. The van der Waals surface area contributed by atoms with Crippen molar-refractivity contribution in [2.45, 2.75) is 45.2 Å². The highest BCUT2D eigenvalue weighted by Gasteiger charge is 2.27. The molecule has 0 unspecified atom stereocenters. The molecule has 2 aromatic carbocycles. The average Bonchev–Trinajstić information content (AvgIpc) is 2.75. The number of halogens is 1. The Kier molecular flexibility index (Phi) is 8.11. The molecule has 1 heterocycles. The fraction of sp³-hybridized carbons (Fsp3) is 0.375. The van der Waals surface area contributed by atoms with Crippen LogP contribution in [-0.2, 0) is 16.0 Å². The molecule has 0 radical (unpaired) electrons. The number of rotatable bonds is 6. The first-order valence-corrected chi connectivity index (χ1v) is 11.1. The summed E-state index contributed by atoms with van der Waals surface area (Å²) in [5.41, 5.74) is 2.67. The molecule has 1 aliphatic rings. The number of aryl methyl sites for hydroxylation is 1. The summed E-state index contributed by atoms with van der Waals surface area (Å²) in [5, 5.41) is 9.12. The molecule has 1 atom stereocenters. The predicted molar refractivity (Wildman–Crippen MR) is 126 cm³/mol. The smallest absolute Gasteiger partial charge is 0.321 e. The lowest BCUT2D eigenvalue weighted by Gasteiger charge is -2.33. The van der Waals surface area contributed by atoms with Crippen molar-refractivity contribution in [2.75, 3.05) is 18.4 Å². The molecular formula is C24H29ClN4O3. The number of carbonyl (C=O) groups is 3. The van der Waals surface area contributed by atoms with Crippen LogP contribution in [0.3, 0.4) is 0 Å². The molecule has 0 aliphatic carbocycles. The normalized spacial score (nSPS) is 15.0. The Hall–Kier alpha value is -3.06. The third-order valence-electron chi connectivity index (χ3n) is 5.46. The number of hydrogen-bond donors (Lipinski definition) is 3. The van der Waals surface area contributed by atoms with E-state index in [1.165, 1.54) is 6.92 Å². The summed E-state index contributed by atoms with van der Waals surface area (Å²) in [7, 11) is 0. The molecular weight excluding hydrogens is 428 g/mol. The van der Waals surface area contributed by atoms with E-state index in [-0.39, 0.29) is 23.9 Å². The van der Waals surface area contributed by atoms with E-state index in [1.54, 1.807) is 23.1 Å². The van der Waals surface area contributed by atoms with Gasteiger partial charge in [-0.05, 0) is 37.5 Å². The van der Waals surface area contributed by atoms with E-state index in [0.717, 1.165) is 11.1 Å². The third-order valence-corrected chi connectivity index (χ3v) is 5.79. The minimum atomic E-state index is -0.643. The average molecular weight is 457 g/mol. The third kappa shape index (κ3) is 6.72. The number of carbonyl (C=O) groups excluding carboxylic acids is 3. The molecule has 170 valence electrons. The number of anilines is 1. The number of piperidine rings is 1. The highest BCUT2D eigenvalue weighted by molar-refractivity contribution is 6.33. The minimum absolute atomic E-state index is 0.0550. The number of hydrogen-bond acceptors (Lipinski definition) is 3. The van der Waals surface area contributed by atoms with Gasteiger partial charge in [-0.3, -0.25) is 9.59 Å². The Balaban J connectivity index is 1.53. The van der Waals surface area contributed by atoms with Gasteiger partial charge in [0.1, 0.15) is 6.04 Å². The summed E-state index contributed by atoms with van der Waals surface area (Å²) in [5.74, 6) is -0.454. The minimum Gasteiger partial charge on any atom is -0.351 e. The first-order valence-electron chi connectivity index (χ1n) is 10.8. The summed E-state index contributed by atoms with van der Waals surface area (Å²) in [4.78, 5) is 38.8. The number of urea groups is 1. The maximum atomic E-state index is 12.9. The Morgan fingerprint density at radius 3 is 2.47 bits per heavy atom. The maximum absolute atomic E-state index is 12.9. The Morgan fingerprint density at radius 1 is 1.09 bits per heavy atom. The summed E-state index contributed by atoms with van der Waals surface area (Å²) >= 11 is 6.11. The van der Waals surface area contributed by atoms with Gasteiger partial charge in [-0.1, -0.05) is 53.6 Å². The van der Waals surface area contributed by atoms with Crippen molar-refractivity contribution < 1.29 is 14.4 Å². The first kappa shape index (κ1) is 23.6. The van der Waals surface area contributed by atoms with Gasteiger partial charge in [-0.2, -0.15) is 0 Å². The largest absolute Gasteiger partial charge is 0.351 e. The quantitative estimate of drug-likeness (QED) is 0.621. The number of para-hydroxylation sites is 1. The van der Waals surface area contributed by atoms with Crippen LogP contribution < -0.4 is 16.0 Å². The van der Waals surface area contributed by atoms with Gasteiger partial charge >= 0.3 is 6.03 Å². The lowest BCUT2D eigenvalue weighted by atomic mass is 10.0. The van der Waals surface area contributed by atoms with Crippen LogP contribution in [0.25, 0.3) is 0 Å². The molecule has 4 amide bonds. The molecule has 0 aromatic heterocycles. The van der Waals surface area contributed by atoms with E-state index in [0.29, 0.717) is 43.1 Å². The molecule has 3 N–H and O–H groups in total. The van der Waals surface area contributed by atoms with Crippen molar-refractivity contribution >= 4 is 35.1 Å². The fourth-order valence-electron chi connectivity index (χ4n) is 3.81. The lowest BCUT2D eigenvalue weighted by Crippen LogP contribution is -2.53. The molecule has 0 bridgehead atoms. The lowest BCUT2D eigenvalue weighted by molar-refractivity contribution is -0.128. The molecule has 7 nitrogen and oxygen atoms in total. The van der Waals surface area contributed by atoms with E-state index in [2.05, 4.69) is 16.0 Å². The van der Waals surface area contributed by atoms with E-state index in [4.69, 9.17) is 11.6 Å². The zero-order chi connectivity index (χ0) is 23.1. The zero-order valence-corrected chi connectivity index (χ0v) is 19.1. The van der Waals surface area contributed by atoms with Crippen LogP contribution in [0.15, 0.2) is 48.5 Å². The molecule has 1 fully saturated rings. The monoisotopic (exact) mass is 456 g/mol. The van der Waals surface area contributed by atoms with E-state index in [1.807, 2.05) is 37.3 Å². The van der Waals surface area contributed by atoms with Gasteiger partial charge in [0.05, 0.1) is 10.7 Å². The second-order valence-electron chi connectivity index (χ2n) is 8.13. The summed E-state index contributed by atoms with van der Waals surface area (Å²) in [6.07, 6.45) is 1.70. The second-order valence-corrected chi connectivity index (χ2v) is 8.53. The molecule has 2 aromatic rings. The Labute approximate surface area is 193 Å². The van der Waals surface area contributed by atoms with Crippen LogP contribution in [0.2, 0.25) is 5.02 Å². The fourth-order valence-corrected chi connectivity index (χ4v) is 4.00. The summed E-state index contributed by atoms with van der Waals surface area (Å²) in [6.45, 7) is 4.44. The van der Waals surface area contributed by atoms with Gasteiger partial charge < -0.3 is 20.9 Å². The van der Waals surface area contributed by atoms with Crippen molar-refractivity contribution in [3.63, 3.8) is 0 Å². The van der Waals surface area contributed by atoms with Crippen molar-refractivity contribution in [2.24, 2.45) is 0 Å². The molecule has 1 aliphatic heterocycles. The maximum Gasteiger partial charge on any atom is 0.321 e. The van der Waals surface area contributed by atoms with Crippen LogP contribution in [-0.4, -0.2) is 47.9 Å². The highest BCUT2D eigenvalue weighted by atomic mass is 35.5. The summed E-state index contributed by atoms with van der Waals surface area (Å²) < 4.78 is 0. The number of nitrogens with zero attached hydrogens (tertiary/aromatic N) is 1. The number of amides is 4. The topological polar surface area (TPSA) is 90.5 Å². The van der Waals surface area contributed by atoms with E-state index < -0.39 is 6.04 Å². The number of likely N-dealkylation sites (tertiary alicyclic amines) is 1. The van der Waals surface area contributed by atoms with Gasteiger partial charge in [0.2, 0.25) is 11.8 Å². The second kappa shape index (κ2) is 11.0. The molecule has 3 rings (SSSR count).